The molecule has 2 aliphatic heterocycles. The number of anilines is 3. The van der Waals surface area contributed by atoms with Gasteiger partial charge >= 0.3 is 0 Å². The van der Waals surface area contributed by atoms with Crippen molar-refractivity contribution in [2.75, 3.05) is 4.90 Å². The predicted octanol–water partition coefficient (Wildman–Crippen LogP) is 7.96. The summed E-state index contributed by atoms with van der Waals surface area (Å²) >= 11 is 0. The molecule has 1 nitrogen and oxygen atoms in total. The molecular formula is C42H35B2N. The first-order chi connectivity index (χ1) is 22.3. The van der Waals surface area contributed by atoms with Gasteiger partial charge in [0.25, 0.3) is 0 Å². The summed E-state index contributed by atoms with van der Waals surface area (Å²) in [5.41, 5.74) is 16.6. The third-order valence-corrected chi connectivity index (χ3v) is 10.4. The van der Waals surface area contributed by atoms with Crippen LogP contribution in [0.1, 0.15) is 43.2 Å². The van der Waals surface area contributed by atoms with E-state index in [4.69, 9.17) is 0 Å². The van der Waals surface area contributed by atoms with Gasteiger partial charge in [0.1, 0.15) is 0 Å². The Hall–Kier alpha value is -4.75. The van der Waals surface area contributed by atoms with Crippen LogP contribution in [0, 0.1) is 0 Å². The van der Waals surface area contributed by atoms with E-state index in [2.05, 4.69) is 151 Å². The minimum Gasteiger partial charge on any atom is -0.313 e. The highest BCUT2D eigenvalue weighted by molar-refractivity contribution is 6.97. The number of benzene rings is 4. The Kier molecular flexibility index (Phi) is 6.51. The molecular weight excluding hydrogens is 540 g/mol. The molecule has 9 rings (SSSR count). The zero-order chi connectivity index (χ0) is 29.7. The highest BCUT2D eigenvalue weighted by atomic mass is 15.2. The minimum absolute atomic E-state index is 0.212. The largest absolute Gasteiger partial charge is 0.313 e. The first kappa shape index (κ1) is 26.6. The van der Waals surface area contributed by atoms with Crippen molar-refractivity contribution in [1.29, 1.82) is 0 Å². The van der Waals surface area contributed by atoms with Crippen LogP contribution in [0.5, 0.6) is 0 Å². The van der Waals surface area contributed by atoms with Crippen molar-refractivity contribution in [2.24, 2.45) is 0 Å². The average Bonchev–Trinajstić information content (AvgIpc) is 3.12. The molecule has 0 radical (unpaired) electrons. The molecule has 0 fully saturated rings. The molecule has 4 aromatic rings. The molecule has 0 amide bonds. The minimum atomic E-state index is 0.212. The average molecular weight is 575 g/mol. The van der Waals surface area contributed by atoms with Gasteiger partial charge in [0, 0.05) is 17.1 Å². The van der Waals surface area contributed by atoms with Gasteiger partial charge in [-0.2, -0.15) is 0 Å². The maximum absolute atomic E-state index is 2.60. The summed E-state index contributed by atoms with van der Waals surface area (Å²) in [6.45, 7) is 0.495. The van der Waals surface area contributed by atoms with Crippen molar-refractivity contribution >= 4 is 63.5 Å². The van der Waals surface area contributed by atoms with E-state index in [0.29, 0.717) is 5.82 Å². The molecule has 1 atom stereocenters. The van der Waals surface area contributed by atoms with Crippen molar-refractivity contribution < 1.29 is 0 Å². The molecule has 0 spiro atoms. The second-order valence-corrected chi connectivity index (χ2v) is 13.0. The summed E-state index contributed by atoms with van der Waals surface area (Å²) < 4.78 is 0. The first-order valence-electron chi connectivity index (χ1n) is 16.7. The van der Waals surface area contributed by atoms with Crippen LogP contribution in [-0.4, -0.2) is 13.4 Å². The van der Waals surface area contributed by atoms with Crippen LogP contribution < -0.4 is 26.8 Å². The summed E-state index contributed by atoms with van der Waals surface area (Å²) in [5.74, 6) is 0.376. The molecule has 3 heteroatoms. The number of rotatable bonds is 4. The van der Waals surface area contributed by atoms with Gasteiger partial charge in [-0.05, 0) is 88.7 Å². The Morgan fingerprint density at radius 2 is 1.40 bits per heavy atom. The number of hydrogen-bond acceptors (Lipinski definition) is 1. The van der Waals surface area contributed by atoms with E-state index in [1.54, 1.807) is 0 Å². The lowest BCUT2D eigenvalue weighted by Crippen LogP contribution is -2.60. The molecule has 3 aliphatic carbocycles. The Bertz CT molecular complexity index is 2010. The van der Waals surface area contributed by atoms with Crippen LogP contribution in [0.25, 0.3) is 11.1 Å². The van der Waals surface area contributed by atoms with Gasteiger partial charge in [0.05, 0.1) is 0 Å². The second-order valence-electron chi connectivity index (χ2n) is 13.0. The van der Waals surface area contributed by atoms with Crippen LogP contribution in [0.15, 0.2) is 151 Å². The lowest BCUT2D eigenvalue weighted by atomic mass is 9.28. The molecule has 45 heavy (non-hydrogen) atoms. The predicted molar refractivity (Wildman–Crippen MR) is 196 cm³/mol. The molecule has 0 aromatic heterocycles. The monoisotopic (exact) mass is 575 g/mol. The zero-order valence-corrected chi connectivity index (χ0v) is 25.6. The highest BCUT2D eigenvalue weighted by Gasteiger charge is 2.45. The summed E-state index contributed by atoms with van der Waals surface area (Å²) in [5, 5.41) is 0. The van der Waals surface area contributed by atoms with Crippen molar-refractivity contribution in [1.82, 2.24) is 0 Å². The number of allylic oxidation sites excluding steroid dienone is 12. The van der Waals surface area contributed by atoms with Gasteiger partial charge in [0.15, 0.2) is 0 Å². The topological polar surface area (TPSA) is 3.24 Å². The summed E-state index contributed by atoms with van der Waals surface area (Å²) in [6.07, 6.45) is 26.9. The fraction of sp³-hybridized carbons (Fsp3) is 0.143. The van der Waals surface area contributed by atoms with E-state index in [0.717, 1.165) is 32.1 Å². The zero-order valence-electron chi connectivity index (χ0n) is 25.6. The van der Waals surface area contributed by atoms with Crippen LogP contribution in [0.3, 0.4) is 0 Å². The van der Waals surface area contributed by atoms with Crippen LogP contribution >= 0.6 is 0 Å². The van der Waals surface area contributed by atoms with Crippen molar-refractivity contribution in [3.05, 3.63) is 162 Å². The number of hydrogen-bond donors (Lipinski definition) is 0. The molecule has 5 aliphatic rings. The number of fused-ring (bicyclic) bond motifs is 4. The van der Waals surface area contributed by atoms with Gasteiger partial charge < -0.3 is 4.90 Å². The Labute approximate surface area is 267 Å². The SMILES string of the molecule is C1=CC(B2c3ccccc3N3c4ccc(C5=CCCC=C5)cc4B(C4=CCCC=C4)c4cccc2c43)CC(c2ccccc2)=C1. The maximum Gasteiger partial charge on any atom is 0.246 e. The lowest BCUT2D eigenvalue weighted by Gasteiger charge is -2.45. The third-order valence-electron chi connectivity index (χ3n) is 10.4. The Morgan fingerprint density at radius 3 is 2.24 bits per heavy atom. The van der Waals surface area contributed by atoms with Gasteiger partial charge in [-0.1, -0.05) is 144 Å². The van der Waals surface area contributed by atoms with Crippen molar-refractivity contribution in [3.8, 4) is 0 Å². The summed E-state index contributed by atoms with van der Waals surface area (Å²) in [7, 11) is 0. The Balaban J connectivity index is 1.24. The molecule has 0 bridgehead atoms. The number of nitrogens with zero attached hydrogens (tertiary/aromatic N) is 1. The molecule has 0 N–H and O–H groups in total. The lowest BCUT2D eigenvalue weighted by molar-refractivity contribution is 1.02. The van der Waals surface area contributed by atoms with Crippen molar-refractivity contribution in [3.63, 3.8) is 0 Å². The third kappa shape index (κ3) is 4.40. The number of para-hydroxylation sites is 2. The second kappa shape index (κ2) is 11.0. The fourth-order valence-corrected chi connectivity index (χ4v) is 8.45. The van der Waals surface area contributed by atoms with E-state index < -0.39 is 0 Å². The molecule has 1 unspecified atom stereocenters. The molecule has 0 saturated heterocycles. The van der Waals surface area contributed by atoms with Crippen LogP contribution in [-0.2, 0) is 0 Å². The quantitative estimate of drug-likeness (QED) is 0.223. The summed E-state index contributed by atoms with van der Waals surface area (Å²) in [6, 6.07) is 34.5. The maximum atomic E-state index is 2.60. The van der Waals surface area contributed by atoms with Gasteiger partial charge in [-0.25, -0.2) is 0 Å². The van der Waals surface area contributed by atoms with Crippen molar-refractivity contribution in [2.45, 2.75) is 37.9 Å². The highest BCUT2D eigenvalue weighted by Crippen LogP contribution is 2.42. The standard InChI is InChI=1S/C42H35B2N/c1-4-14-30(15-5-1)32-18-12-21-35(28-32)44-36-22-10-11-25-40(36)45-41-27-26-33(31-16-6-2-7-17-31)29-39(41)43(34-19-8-3-9-20-34)37-23-13-24-38(44)42(37)45/h1,4-6,8,10-27,29,35H,2-3,7,9,28H2. The fourth-order valence-electron chi connectivity index (χ4n) is 8.45. The van der Waals surface area contributed by atoms with E-state index in [1.165, 1.54) is 66.7 Å². The van der Waals surface area contributed by atoms with Gasteiger partial charge in [-0.3, -0.25) is 0 Å². The van der Waals surface area contributed by atoms with E-state index in [-0.39, 0.29) is 13.4 Å². The normalized spacial score (nSPS) is 19.3. The van der Waals surface area contributed by atoms with Gasteiger partial charge in [-0.15, -0.1) is 0 Å². The first-order valence-corrected chi connectivity index (χ1v) is 16.7. The summed E-state index contributed by atoms with van der Waals surface area (Å²) in [4.78, 5) is 2.60. The van der Waals surface area contributed by atoms with E-state index in [1.807, 2.05) is 0 Å². The van der Waals surface area contributed by atoms with Crippen LogP contribution in [0.2, 0.25) is 5.82 Å². The Morgan fingerprint density at radius 1 is 0.622 bits per heavy atom. The van der Waals surface area contributed by atoms with E-state index in [9.17, 15) is 0 Å². The van der Waals surface area contributed by atoms with Gasteiger partial charge in [0.2, 0.25) is 13.4 Å². The van der Waals surface area contributed by atoms with E-state index >= 15 is 0 Å². The van der Waals surface area contributed by atoms with Crippen LogP contribution in [0.4, 0.5) is 17.1 Å². The molecule has 214 valence electrons. The molecule has 4 aromatic carbocycles. The molecule has 0 saturated carbocycles. The molecule has 2 heterocycles. The smallest absolute Gasteiger partial charge is 0.246 e.